The molecule has 3 nitrogen and oxygen atoms in total. The fraction of sp³-hybridized carbons (Fsp3) is 0.389. The summed E-state index contributed by atoms with van der Waals surface area (Å²) in [6, 6.07) is 14.9. The van der Waals surface area contributed by atoms with Crippen molar-refractivity contribution in [3.05, 3.63) is 48.0 Å². The molecule has 2 aromatic carbocycles. The molecular weight excluding hydrogens is 328 g/mol. The maximum absolute atomic E-state index is 12.3. The first-order valence-corrected chi connectivity index (χ1v) is 8.97. The Hall–Kier alpha value is -1.23. The van der Waals surface area contributed by atoms with Crippen molar-refractivity contribution >= 4 is 40.8 Å². The maximum Gasteiger partial charge on any atom is 0.222 e. The van der Waals surface area contributed by atoms with Gasteiger partial charge in [-0.3, -0.25) is 4.79 Å². The summed E-state index contributed by atoms with van der Waals surface area (Å²) >= 11 is 1.92. The number of carbonyl (C=O) groups is 1. The Morgan fingerprint density at radius 3 is 2.87 bits per heavy atom. The smallest absolute Gasteiger partial charge is 0.222 e. The van der Waals surface area contributed by atoms with E-state index in [0.29, 0.717) is 12.5 Å². The molecule has 124 valence electrons. The van der Waals surface area contributed by atoms with Gasteiger partial charge in [0.1, 0.15) is 0 Å². The Kier molecular flexibility index (Phi) is 6.75. The van der Waals surface area contributed by atoms with E-state index < -0.39 is 0 Å². The lowest BCUT2D eigenvalue weighted by molar-refractivity contribution is -0.122. The number of halogens is 1. The third-order valence-corrected chi connectivity index (χ3v) is 5.23. The van der Waals surface area contributed by atoms with Gasteiger partial charge < -0.3 is 10.6 Å². The summed E-state index contributed by atoms with van der Waals surface area (Å²) in [7, 11) is 0. The van der Waals surface area contributed by atoms with Gasteiger partial charge in [0.25, 0.3) is 0 Å². The number of hydrogen-bond acceptors (Lipinski definition) is 3. The second-order valence-corrected chi connectivity index (χ2v) is 6.94. The minimum absolute atomic E-state index is 0. The summed E-state index contributed by atoms with van der Waals surface area (Å²) in [5.41, 5.74) is 1.18. The van der Waals surface area contributed by atoms with Gasteiger partial charge in [0.05, 0.1) is 6.04 Å². The van der Waals surface area contributed by atoms with Crippen LogP contribution >= 0.6 is 24.2 Å². The Morgan fingerprint density at radius 1 is 1.30 bits per heavy atom. The summed E-state index contributed by atoms with van der Waals surface area (Å²) in [5.74, 6) is 2.29. The Balaban J connectivity index is 0.00000192. The van der Waals surface area contributed by atoms with E-state index in [1.54, 1.807) is 0 Å². The molecule has 0 aliphatic carbocycles. The average molecular weight is 351 g/mol. The van der Waals surface area contributed by atoms with E-state index in [9.17, 15) is 4.79 Å². The molecule has 1 aliphatic heterocycles. The first kappa shape index (κ1) is 18.1. The quantitative estimate of drug-likeness (QED) is 0.886. The van der Waals surface area contributed by atoms with Crippen LogP contribution in [-0.2, 0) is 4.79 Å². The highest BCUT2D eigenvalue weighted by Crippen LogP contribution is 2.24. The molecule has 0 bridgehead atoms. The van der Waals surface area contributed by atoms with Crippen LogP contribution in [0.1, 0.15) is 24.9 Å². The van der Waals surface area contributed by atoms with Crippen LogP contribution in [0.3, 0.4) is 0 Å². The predicted molar refractivity (Wildman–Crippen MR) is 101 cm³/mol. The first-order chi connectivity index (χ1) is 10.7. The largest absolute Gasteiger partial charge is 0.350 e. The van der Waals surface area contributed by atoms with E-state index in [1.165, 1.54) is 16.3 Å². The highest BCUT2D eigenvalue weighted by Gasteiger charge is 2.18. The van der Waals surface area contributed by atoms with Gasteiger partial charge in [-0.25, -0.2) is 0 Å². The fourth-order valence-corrected chi connectivity index (χ4v) is 3.93. The second-order valence-electron chi connectivity index (χ2n) is 5.79. The topological polar surface area (TPSA) is 41.1 Å². The van der Waals surface area contributed by atoms with Crippen molar-refractivity contribution in [2.24, 2.45) is 0 Å². The van der Waals surface area contributed by atoms with Gasteiger partial charge in [-0.05, 0) is 23.3 Å². The average Bonchev–Trinajstić information content (AvgIpc) is 2.55. The van der Waals surface area contributed by atoms with Crippen molar-refractivity contribution in [1.82, 2.24) is 10.6 Å². The van der Waals surface area contributed by atoms with E-state index >= 15 is 0 Å². The number of hydrogen-bond donors (Lipinski definition) is 2. The fourth-order valence-electron chi connectivity index (χ4n) is 2.98. The van der Waals surface area contributed by atoms with Gasteiger partial charge in [-0.1, -0.05) is 42.5 Å². The van der Waals surface area contributed by atoms with E-state index in [-0.39, 0.29) is 24.4 Å². The van der Waals surface area contributed by atoms with Crippen LogP contribution in [0.15, 0.2) is 42.5 Å². The molecule has 2 N–H and O–H groups in total. The molecule has 1 fully saturated rings. The molecular formula is C18H23ClN2OS. The van der Waals surface area contributed by atoms with E-state index in [1.807, 2.05) is 23.9 Å². The monoisotopic (exact) mass is 350 g/mol. The van der Waals surface area contributed by atoms with Crippen LogP contribution < -0.4 is 10.6 Å². The van der Waals surface area contributed by atoms with E-state index in [2.05, 4.69) is 47.9 Å². The normalized spacial score (nSPS) is 18.9. The zero-order valence-corrected chi connectivity index (χ0v) is 14.9. The molecule has 1 aliphatic rings. The lowest BCUT2D eigenvalue weighted by Gasteiger charge is -2.24. The number of thioether (sulfide) groups is 1. The minimum Gasteiger partial charge on any atom is -0.350 e. The van der Waals surface area contributed by atoms with E-state index in [4.69, 9.17) is 0 Å². The molecule has 0 aromatic heterocycles. The van der Waals surface area contributed by atoms with Crippen LogP contribution in [0.2, 0.25) is 0 Å². The molecule has 5 heteroatoms. The zero-order chi connectivity index (χ0) is 15.4. The molecule has 0 saturated carbocycles. The molecule has 2 atom stereocenters. The van der Waals surface area contributed by atoms with Crippen molar-refractivity contribution in [2.45, 2.75) is 25.4 Å². The van der Waals surface area contributed by atoms with Crippen molar-refractivity contribution in [3.63, 3.8) is 0 Å². The number of amides is 1. The number of carbonyl (C=O) groups excluding carboxylic acids is 1. The van der Waals surface area contributed by atoms with Gasteiger partial charge in [0.15, 0.2) is 0 Å². The minimum atomic E-state index is 0. The molecule has 1 heterocycles. The second kappa shape index (κ2) is 8.57. The highest BCUT2D eigenvalue weighted by molar-refractivity contribution is 7.99. The standard InChI is InChI=1S/C18H22N2OS.ClH/c1-13(20-18(21)11-15-12-22-10-9-19-15)16-8-4-6-14-5-2-3-7-17(14)16;/h2-8,13,15,19H,9-12H2,1H3,(H,20,21);1H. The molecule has 2 unspecified atom stereocenters. The Bertz CT molecular complexity index is 653. The molecule has 3 rings (SSSR count). The molecule has 0 radical (unpaired) electrons. The summed E-state index contributed by atoms with van der Waals surface area (Å²) in [4.78, 5) is 12.3. The van der Waals surface area contributed by atoms with Crippen LogP contribution in [-0.4, -0.2) is 30.0 Å². The maximum atomic E-state index is 12.3. The number of fused-ring (bicyclic) bond motifs is 1. The van der Waals surface area contributed by atoms with Gasteiger partial charge in [-0.15, -0.1) is 12.4 Å². The molecule has 2 aromatic rings. The third-order valence-electron chi connectivity index (χ3n) is 4.10. The molecule has 1 amide bonds. The predicted octanol–water partition coefficient (Wildman–Crippen LogP) is 3.53. The van der Waals surface area contributed by atoms with Crippen molar-refractivity contribution in [1.29, 1.82) is 0 Å². The van der Waals surface area contributed by atoms with Gasteiger partial charge in [0, 0.05) is 30.5 Å². The lowest BCUT2D eigenvalue weighted by atomic mass is 9.99. The summed E-state index contributed by atoms with van der Waals surface area (Å²) in [6.45, 7) is 3.06. The third kappa shape index (κ3) is 4.63. The van der Waals surface area contributed by atoms with Gasteiger partial charge >= 0.3 is 0 Å². The number of rotatable bonds is 4. The molecule has 0 spiro atoms. The lowest BCUT2D eigenvalue weighted by Crippen LogP contribution is -2.41. The number of nitrogens with one attached hydrogen (secondary N) is 2. The summed E-state index contributed by atoms with van der Waals surface area (Å²) in [6.07, 6.45) is 0.558. The van der Waals surface area contributed by atoms with Crippen LogP contribution in [0.5, 0.6) is 0 Å². The number of benzene rings is 2. The Labute approximate surface area is 148 Å². The van der Waals surface area contributed by atoms with Crippen molar-refractivity contribution in [3.8, 4) is 0 Å². The molecule has 1 saturated heterocycles. The summed E-state index contributed by atoms with van der Waals surface area (Å²) in [5, 5.41) is 8.98. The zero-order valence-electron chi connectivity index (χ0n) is 13.2. The summed E-state index contributed by atoms with van der Waals surface area (Å²) < 4.78 is 0. The van der Waals surface area contributed by atoms with Gasteiger partial charge in [-0.2, -0.15) is 11.8 Å². The van der Waals surface area contributed by atoms with Crippen LogP contribution in [0.4, 0.5) is 0 Å². The Morgan fingerprint density at radius 2 is 2.09 bits per heavy atom. The van der Waals surface area contributed by atoms with Crippen LogP contribution in [0.25, 0.3) is 10.8 Å². The van der Waals surface area contributed by atoms with Crippen LogP contribution in [0, 0.1) is 0 Å². The van der Waals surface area contributed by atoms with Gasteiger partial charge in [0.2, 0.25) is 5.91 Å². The van der Waals surface area contributed by atoms with Crippen molar-refractivity contribution < 1.29 is 4.79 Å². The SMILES string of the molecule is CC(NC(=O)CC1CSCCN1)c1cccc2ccccc12.Cl. The first-order valence-electron chi connectivity index (χ1n) is 7.82. The highest BCUT2D eigenvalue weighted by atomic mass is 35.5. The van der Waals surface area contributed by atoms with E-state index in [0.717, 1.165) is 18.1 Å². The van der Waals surface area contributed by atoms with Crippen molar-refractivity contribution in [2.75, 3.05) is 18.1 Å². The molecule has 23 heavy (non-hydrogen) atoms.